The van der Waals surface area contributed by atoms with E-state index in [0.29, 0.717) is 6.42 Å². The van der Waals surface area contributed by atoms with Gasteiger partial charge in [0.25, 0.3) is 0 Å². The molecule has 0 fully saturated rings. The van der Waals surface area contributed by atoms with Gasteiger partial charge in [-0.25, -0.2) is 4.39 Å². The van der Waals surface area contributed by atoms with Crippen LogP contribution >= 0.6 is 0 Å². The first-order valence-electron chi connectivity index (χ1n) is 4.68. The third-order valence-electron chi connectivity index (χ3n) is 1.80. The maximum atomic E-state index is 12.7. The summed E-state index contributed by atoms with van der Waals surface area (Å²) in [4.78, 5) is 2.08. The molecule has 0 atom stereocenters. The predicted octanol–water partition coefficient (Wildman–Crippen LogP) is 3.15. The lowest BCUT2D eigenvalue weighted by Crippen LogP contribution is -2.14. The van der Waals surface area contributed by atoms with Gasteiger partial charge < -0.3 is 4.90 Å². The first-order chi connectivity index (χ1) is 6.06. The number of hydrogen-bond donors (Lipinski definition) is 0. The minimum atomic E-state index is -0.0161. The molecular weight excluding hydrogens is 165 g/mol. The van der Waals surface area contributed by atoms with Crippen molar-refractivity contribution < 1.29 is 4.39 Å². The largest absolute Gasteiger partial charge is 0.305 e. The van der Waals surface area contributed by atoms with E-state index in [4.69, 9.17) is 0 Å². The maximum Gasteiger partial charge on any atom is 0.0957 e. The third kappa shape index (κ3) is 7.72. The van der Waals surface area contributed by atoms with Gasteiger partial charge in [-0.2, -0.15) is 0 Å². The molecular formula is C11H20FN. The molecule has 0 heterocycles. The van der Waals surface area contributed by atoms with Crippen molar-refractivity contribution in [2.45, 2.75) is 26.2 Å². The molecule has 76 valence electrons. The molecule has 0 aliphatic carbocycles. The summed E-state index contributed by atoms with van der Waals surface area (Å²) in [5.74, 6) is -0.0161. The van der Waals surface area contributed by atoms with Gasteiger partial charge in [-0.1, -0.05) is 18.2 Å². The van der Waals surface area contributed by atoms with E-state index < -0.39 is 0 Å². The Labute approximate surface area is 80.9 Å². The van der Waals surface area contributed by atoms with E-state index in [1.54, 1.807) is 6.92 Å². The fraction of sp³-hybridized carbons (Fsp3) is 0.636. The number of likely N-dealkylation sites (N-methyl/N-ethyl adjacent to an activating group) is 1. The molecule has 0 aromatic carbocycles. The number of hydrogen-bond acceptors (Lipinski definition) is 1. The summed E-state index contributed by atoms with van der Waals surface area (Å²) < 4.78 is 12.7. The molecule has 0 unspecified atom stereocenters. The summed E-state index contributed by atoms with van der Waals surface area (Å²) in [7, 11) is 4.02. The first kappa shape index (κ1) is 12.4. The Morgan fingerprint density at radius 1 is 1.38 bits per heavy atom. The molecule has 0 rings (SSSR count). The van der Waals surface area contributed by atoms with Crippen LogP contribution in [-0.4, -0.2) is 25.5 Å². The molecule has 0 aliphatic heterocycles. The molecule has 0 spiro atoms. The molecule has 0 aromatic heterocycles. The number of halogens is 1. The molecule has 0 N–H and O–H groups in total. The smallest absolute Gasteiger partial charge is 0.0957 e. The number of rotatable bonds is 6. The molecule has 0 aromatic rings. The lowest BCUT2D eigenvalue weighted by atomic mass is 10.1. The molecule has 0 bridgehead atoms. The highest BCUT2D eigenvalue weighted by Gasteiger charge is 1.98. The summed E-state index contributed by atoms with van der Waals surface area (Å²) in [6.07, 6.45) is 3.85. The topological polar surface area (TPSA) is 3.24 Å². The molecule has 0 aliphatic rings. The first-order valence-corrected chi connectivity index (χ1v) is 4.68. The normalized spacial score (nSPS) is 12.2. The minimum Gasteiger partial charge on any atom is -0.305 e. The SMILES string of the molecule is C=C(CCC/C(F)=C\C)CN(C)C. The molecule has 2 heteroatoms. The van der Waals surface area contributed by atoms with Crippen molar-refractivity contribution in [2.24, 2.45) is 0 Å². The third-order valence-corrected chi connectivity index (χ3v) is 1.80. The molecule has 1 nitrogen and oxygen atoms in total. The van der Waals surface area contributed by atoms with Crippen molar-refractivity contribution in [1.82, 2.24) is 4.90 Å². The van der Waals surface area contributed by atoms with Crippen molar-refractivity contribution in [3.63, 3.8) is 0 Å². The summed E-state index contributed by atoms with van der Waals surface area (Å²) in [5.41, 5.74) is 1.17. The van der Waals surface area contributed by atoms with Crippen LogP contribution in [0, 0.1) is 0 Å². The Bertz CT molecular complexity index is 183. The Kier molecular flexibility index (Phi) is 6.51. The second-order valence-corrected chi connectivity index (χ2v) is 3.58. The Balaban J connectivity index is 3.48. The van der Waals surface area contributed by atoms with Gasteiger partial charge in [0.15, 0.2) is 0 Å². The second-order valence-electron chi connectivity index (χ2n) is 3.58. The average molecular weight is 185 g/mol. The van der Waals surface area contributed by atoms with E-state index in [-0.39, 0.29) is 5.83 Å². The zero-order chi connectivity index (χ0) is 10.3. The van der Waals surface area contributed by atoms with Crippen LogP contribution in [0.1, 0.15) is 26.2 Å². The fourth-order valence-electron chi connectivity index (χ4n) is 1.18. The van der Waals surface area contributed by atoms with Crippen LogP contribution in [0.25, 0.3) is 0 Å². The minimum absolute atomic E-state index is 0.0161. The summed E-state index contributed by atoms with van der Waals surface area (Å²) in [6, 6.07) is 0. The van der Waals surface area contributed by atoms with Crippen molar-refractivity contribution in [3.05, 3.63) is 24.1 Å². The van der Waals surface area contributed by atoms with Crippen LogP contribution < -0.4 is 0 Å². The van der Waals surface area contributed by atoms with Gasteiger partial charge in [-0.3, -0.25) is 0 Å². The standard InChI is InChI=1S/C11H20FN/c1-5-11(12)8-6-7-10(2)9-13(3)4/h5H,2,6-9H2,1,3-4H3/b11-5+. The molecule has 0 amide bonds. The summed E-state index contributed by atoms with van der Waals surface area (Å²) >= 11 is 0. The van der Waals surface area contributed by atoms with Crippen molar-refractivity contribution in [2.75, 3.05) is 20.6 Å². The van der Waals surface area contributed by atoms with Crippen molar-refractivity contribution in [1.29, 1.82) is 0 Å². The van der Waals surface area contributed by atoms with Gasteiger partial charge in [-0.15, -0.1) is 0 Å². The van der Waals surface area contributed by atoms with Crippen LogP contribution in [0.15, 0.2) is 24.1 Å². The van der Waals surface area contributed by atoms with Crippen LogP contribution in [0.2, 0.25) is 0 Å². The highest BCUT2D eigenvalue weighted by molar-refractivity contribution is 4.98. The molecule has 13 heavy (non-hydrogen) atoms. The van der Waals surface area contributed by atoms with Crippen LogP contribution in [0.4, 0.5) is 4.39 Å². The molecule has 0 saturated carbocycles. The zero-order valence-corrected chi connectivity index (χ0v) is 8.94. The molecule has 0 saturated heterocycles. The predicted molar refractivity (Wildman–Crippen MR) is 56.4 cm³/mol. The number of nitrogens with zero attached hydrogens (tertiary/aromatic N) is 1. The van der Waals surface area contributed by atoms with Gasteiger partial charge in [0.05, 0.1) is 5.83 Å². The highest BCUT2D eigenvalue weighted by atomic mass is 19.1. The quantitative estimate of drug-likeness (QED) is 0.575. The van der Waals surface area contributed by atoms with E-state index in [2.05, 4.69) is 11.5 Å². The lowest BCUT2D eigenvalue weighted by molar-refractivity contribution is 0.437. The monoisotopic (exact) mass is 185 g/mol. The highest BCUT2D eigenvalue weighted by Crippen LogP contribution is 2.12. The van der Waals surface area contributed by atoms with E-state index in [1.807, 2.05) is 14.1 Å². The van der Waals surface area contributed by atoms with Crippen molar-refractivity contribution in [3.8, 4) is 0 Å². The van der Waals surface area contributed by atoms with Gasteiger partial charge in [0, 0.05) is 6.54 Å². The van der Waals surface area contributed by atoms with Gasteiger partial charge in [-0.05, 0) is 40.3 Å². The van der Waals surface area contributed by atoms with Crippen LogP contribution in [0.5, 0.6) is 0 Å². The number of allylic oxidation sites excluding steroid dienone is 2. The Morgan fingerprint density at radius 3 is 2.46 bits per heavy atom. The van der Waals surface area contributed by atoms with Gasteiger partial charge in [0.1, 0.15) is 0 Å². The Morgan fingerprint density at radius 2 is 2.00 bits per heavy atom. The van der Waals surface area contributed by atoms with Crippen molar-refractivity contribution >= 4 is 0 Å². The average Bonchev–Trinajstić information content (AvgIpc) is 2.02. The maximum absolute atomic E-state index is 12.7. The van der Waals surface area contributed by atoms with Crippen LogP contribution in [-0.2, 0) is 0 Å². The summed E-state index contributed by atoms with van der Waals surface area (Å²) in [5, 5.41) is 0. The van der Waals surface area contributed by atoms with Crippen LogP contribution in [0.3, 0.4) is 0 Å². The van der Waals surface area contributed by atoms with E-state index in [9.17, 15) is 4.39 Å². The summed E-state index contributed by atoms with van der Waals surface area (Å²) in [6.45, 7) is 6.56. The second kappa shape index (κ2) is 6.84. The zero-order valence-electron chi connectivity index (χ0n) is 8.94. The van der Waals surface area contributed by atoms with E-state index in [1.165, 1.54) is 11.6 Å². The van der Waals surface area contributed by atoms with Gasteiger partial charge in [0.2, 0.25) is 0 Å². The fourth-order valence-corrected chi connectivity index (χ4v) is 1.18. The van der Waals surface area contributed by atoms with E-state index >= 15 is 0 Å². The van der Waals surface area contributed by atoms with E-state index in [0.717, 1.165) is 19.4 Å². The lowest BCUT2D eigenvalue weighted by Gasteiger charge is -2.11. The Hall–Kier alpha value is -0.630. The van der Waals surface area contributed by atoms with Gasteiger partial charge >= 0.3 is 0 Å². The molecule has 0 radical (unpaired) electrons.